The average molecular weight is 425 g/mol. The molecule has 3 aromatic rings. The van der Waals surface area contributed by atoms with Crippen molar-refractivity contribution in [3.63, 3.8) is 0 Å². The molecular weight excluding hydrogens is 400 g/mol. The van der Waals surface area contributed by atoms with Gasteiger partial charge in [0.2, 0.25) is 11.8 Å². The van der Waals surface area contributed by atoms with Crippen LogP contribution in [0.2, 0.25) is 0 Å². The number of carbonyl (C=O) groups is 2. The second-order valence-electron chi connectivity index (χ2n) is 7.40. The first-order valence-corrected chi connectivity index (χ1v) is 10.8. The van der Waals surface area contributed by atoms with Gasteiger partial charge in [-0.25, -0.2) is 4.98 Å². The first kappa shape index (κ1) is 20.3. The molecule has 1 fully saturated rings. The van der Waals surface area contributed by atoms with E-state index in [-0.39, 0.29) is 17.7 Å². The summed E-state index contributed by atoms with van der Waals surface area (Å²) in [6.07, 6.45) is 4.83. The number of ether oxygens (including phenoxy) is 1. The number of hydrogen-bond donors (Lipinski definition) is 0. The fourth-order valence-corrected chi connectivity index (χ4v) is 4.71. The third kappa shape index (κ3) is 4.28. The van der Waals surface area contributed by atoms with Gasteiger partial charge in [0.1, 0.15) is 5.75 Å². The van der Waals surface area contributed by atoms with Gasteiger partial charge in [-0.15, -0.1) is 0 Å². The predicted octanol–water partition coefficient (Wildman–Crippen LogP) is 3.49. The fourth-order valence-electron chi connectivity index (χ4n) is 3.71. The number of hydrogen-bond acceptors (Lipinski definition) is 6. The summed E-state index contributed by atoms with van der Waals surface area (Å²) < 4.78 is 6.29. The minimum atomic E-state index is -0.126. The maximum atomic E-state index is 13.5. The summed E-state index contributed by atoms with van der Waals surface area (Å²) in [7, 11) is 1.63. The van der Waals surface area contributed by atoms with E-state index < -0.39 is 0 Å². The molecule has 0 radical (unpaired) electrons. The van der Waals surface area contributed by atoms with Gasteiger partial charge in [-0.2, -0.15) is 0 Å². The van der Waals surface area contributed by atoms with Crippen LogP contribution in [0.5, 0.6) is 5.75 Å². The summed E-state index contributed by atoms with van der Waals surface area (Å²) in [6.45, 7) is 3.22. The normalized spacial score (nSPS) is 14.7. The number of fused-ring (bicyclic) bond motifs is 1. The number of benzene rings is 1. The van der Waals surface area contributed by atoms with Crippen LogP contribution in [0.1, 0.15) is 25.3 Å². The Balaban J connectivity index is 1.63. The van der Waals surface area contributed by atoms with Crippen LogP contribution in [0.3, 0.4) is 0 Å². The van der Waals surface area contributed by atoms with Crippen molar-refractivity contribution in [1.29, 1.82) is 0 Å². The largest absolute Gasteiger partial charge is 0.497 e. The number of likely N-dealkylation sites (tertiary alicyclic amines) is 1. The molecule has 0 aliphatic carbocycles. The van der Waals surface area contributed by atoms with Gasteiger partial charge in [0.25, 0.3) is 0 Å². The number of piperidine rings is 1. The molecule has 8 heteroatoms. The zero-order chi connectivity index (χ0) is 21.1. The molecule has 4 rings (SSSR count). The van der Waals surface area contributed by atoms with E-state index in [1.54, 1.807) is 36.2 Å². The molecule has 1 aromatic carbocycles. The number of anilines is 1. The van der Waals surface area contributed by atoms with E-state index in [2.05, 4.69) is 4.98 Å². The summed E-state index contributed by atoms with van der Waals surface area (Å²) in [5.74, 6) is 0.750. The fraction of sp³-hybridized carbons (Fsp3) is 0.364. The summed E-state index contributed by atoms with van der Waals surface area (Å²) in [6, 6.07) is 9.55. The minimum Gasteiger partial charge on any atom is -0.497 e. The van der Waals surface area contributed by atoms with Crippen LogP contribution < -0.4 is 9.64 Å². The molecule has 1 aliphatic heterocycles. The lowest BCUT2D eigenvalue weighted by Gasteiger charge is -2.33. The molecule has 1 aliphatic rings. The molecule has 1 saturated heterocycles. The Kier molecular flexibility index (Phi) is 5.94. The van der Waals surface area contributed by atoms with E-state index in [9.17, 15) is 9.59 Å². The van der Waals surface area contributed by atoms with E-state index in [0.29, 0.717) is 37.6 Å². The highest BCUT2D eigenvalue weighted by Gasteiger charge is 2.31. The molecular formula is C22H24N4O3S. The van der Waals surface area contributed by atoms with Gasteiger partial charge in [-0.1, -0.05) is 17.4 Å². The van der Waals surface area contributed by atoms with Crippen LogP contribution in [-0.2, 0) is 16.1 Å². The van der Waals surface area contributed by atoms with Crippen LogP contribution in [-0.4, -0.2) is 46.9 Å². The van der Waals surface area contributed by atoms with E-state index in [4.69, 9.17) is 9.72 Å². The number of methoxy groups -OCH3 is 1. The maximum Gasteiger partial charge on any atom is 0.232 e. The summed E-state index contributed by atoms with van der Waals surface area (Å²) in [4.78, 5) is 37.6. The standard InChI is InChI=1S/C22H24N4O3S/c1-15(27)25-10-7-17(8-11-25)21(28)26(14-16-4-3-9-23-13-16)22-24-19-6-5-18(29-2)12-20(19)30-22/h3-6,9,12-13,17H,7-8,10-11,14H2,1-2H3. The van der Waals surface area contributed by atoms with Gasteiger partial charge < -0.3 is 9.64 Å². The van der Waals surface area contributed by atoms with Crippen molar-refractivity contribution in [3.8, 4) is 5.75 Å². The van der Waals surface area contributed by atoms with Crippen LogP contribution in [0.15, 0.2) is 42.7 Å². The Bertz CT molecular complexity index is 1040. The van der Waals surface area contributed by atoms with Crippen LogP contribution >= 0.6 is 11.3 Å². The molecule has 0 spiro atoms. The summed E-state index contributed by atoms with van der Waals surface area (Å²) >= 11 is 1.48. The number of aromatic nitrogens is 2. The Morgan fingerprint density at radius 2 is 2.07 bits per heavy atom. The van der Waals surface area contributed by atoms with Gasteiger partial charge >= 0.3 is 0 Å². The second-order valence-corrected chi connectivity index (χ2v) is 8.41. The van der Waals surface area contributed by atoms with Gasteiger partial charge in [-0.3, -0.25) is 19.5 Å². The molecule has 0 N–H and O–H groups in total. The number of carbonyl (C=O) groups excluding carboxylic acids is 2. The number of pyridine rings is 1. The zero-order valence-corrected chi connectivity index (χ0v) is 17.9. The minimum absolute atomic E-state index is 0.0491. The van der Waals surface area contributed by atoms with Crippen LogP contribution in [0, 0.1) is 5.92 Å². The highest BCUT2D eigenvalue weighted by atomic mass is 32.1. The lowest BCUT2D eigenvalue weighted by atomic mass is 9.95. The summed E-state index contributed by atoms with van der Waals surface area (Å²) in [5, 5.41) is 0.668. The first-order valence-electron chi connectivity index (χ1n) is 9.95. The zero-order valence-electron chi connectivity index (χ0n) is 17.1. The Morgan fingerprint density at radius 1 is 1.27 bits per heavy atom. The average Bonchev–Trinajstić information content (AvgIpc) is 3.20. The molecule has 156 valence electrons. The van der Waals surface area contributed by atoms with E-state index in [0.717, 1.165) is 21.5 Å². The monoisotopic (exact) mass is 424 g/mol. The van der Waals surface area contributed by atoms with Crippen LogP contribution in [0.4, 0.5) is 5.13 Å². The molecule has 0 saturated carbocycles. The van der Waals surface area contributed by atoms with Crippen molar-refractivity contribution in [3.05, 3.63) is 48.3 Å². The van der Waals surface area contributed by atoms with Crippen molar-refractivity contribution in [2.45, 2.75) is 26.3 Å². The maximum absolute atomic E-state index is 13.5. The van der Waals surface area contributed by atoms with E-state index >= 15 is 0 Å². The van der Waals surface area contributed by atoms with Crippen molar-refractivity contribution < 1.29 is 14.3 Å². The Labute approximate surface area is 179 Å². The lowest BCUT2D eigenvalue weighted by Crippen LogP contribution is -2.43. The number of nitrogens with zero attached hydrogens (tertiary/aromatic N) is 4. The second kappa shape index (κ2) is 8.79. The molecule has 0 atom stereocenters. The first-order chi connectivity index (χ1) is 14.5. The number of amides is 2. The van der Waals surface area contributed by atoms with Crippen LogP contribution in [0.25, 0.3) is 10.2 Å². The third-order valence-corrected chi connectivity index (χ3v) is 6.48. The highest BCUT2D eigenvalue weighted by Crippen LogP contribution is 2.34. The smallest absolute Gasteiger partial charge is 0.232 e. The van der Waals surface area contributed by atoms with Crippen molar-refractivity contribution in [2.24, 2.45) is 5.92 Å². The highest BCUT2D eigenvalue weighted by molar-refractivity contribution is 7.22. The van der Waals surface area contributed by atoms with Crippen molar-refractivity contribution in [1.82, 2.24) is 14.9 Å². The third-order valence-electron chi connectivity index (χ3n) is 5.43. The van der Waals surface area contributed by atoms with Gasteiger partial charge in [0.15, 0.2) is 5.13 Å². The van der Waals surface area contributed by atoms with Crippen molar-refractivity contribution >= 4 is 38.5 Å². The lowest BCUT2D eigenvalue weighted by molar-refractivity contribution is -0.133. The Morgan fingerprint density at radius 3 is 2.73 bits per heavy atom. The Hall–Kier alpha value is -3.00. The molecule has 2 amide bonds. The molecule has 0 bridgehead atoms. The molecule has 7 nitrogen and oxygen atoms in total. The van der Waals surface area contributed by atoms with Crippen molar-refractivity contribution in [2.75, 3.05) is 25.1 Å². The molecule has 2 aromatic heterocycles. The van der Waals surface area contributed by atoms with Gasteiger partial charge in [0, 0.05) is 38.3 Å². The summed E-state index contributed by atoms with van der Waals surface area (Å²) in [5.41, 5.74) is 1.79. The van der Waals surface area contributed by atoms with E-state index in [1.807, 2.05) is 30.3 Å². The number of rotatable bonds is 5. The van der Waals surface area contributed by atoms with Gasteiger partial charge in [0.05, 0.1) is 23.9 Å². The van der Waals surface area contributed by atoms with Gasteiger partial charge in [-0.05, 0) is 42.7 Å². The topological polar surface area (TPSA) is 75.6 Å². The SMILES string of the molecule is COc1ccc2nc(N(Cc3cccnc3)C(=O)C3CCN(C(C)=O)CC3)sc2c1. The number of thiazole rings is 1. The molecule has 3 heterocycles. The predicted molar refractivity (Wildman–Crippen MR) is 117 cm³/mol. The molecule has 0 unspecified atom stereocenters. The van der Waals surface area contributed by atoms with E-state index in [1.165, 1.54) is 11.3 Å². The molecule has 30 heavy (non-hydrogen) atoms. The quantitative estimate of drug-likeness (QED) is 0.627.